The first-order valence-electron chi connectivity index (χ1n) is 7.68. The summed E-state index contributed by atoms with van der Waals surface area (Å²) in [5.41, 5.74) is 0. The summed E-state index contributed by atoms with van der Waals surface area (Å²) in [5.74, 6) is -0.587. The minimum Gasteiger partial charge on any atom is -0.465 e. The lowest BCUT2D eigenvalue weighted by atomic mass is 10.2. The van der Waals surface area contributed by atoms with Gasteiger partial charge in [0.2, 0.25) is 11.8 Å². The van der Waals surface area contributed by atoms with Crippen molar-refractivity contribution in [1.29, 1.82) is 0 Å². The number of nitrogens with zero attached hydrogens (tertiary/aromatic N) is 2. The molecule has 1 rings (SSSR count). The van der Waals surface area contributed by atoms with E-state index in [1.54, 1.807) is 11.8 Å². The van der Waals surface area contributed by atoms with Crippen molar-refractivity contribution < 1.29 is 19.1 Å². The number of amides is 2. The van der Waals surface area contributed by atoms with Crippen molar-refractivity contribution in [2.24, 2.45) is 0 Å². The summed E-state index contributed by atoms with van der Waals surface area (Å²) in [6.07, 6.45) is 3.35. The Morgan fingerprint density at radius 2 is 2.00 bits per heavy atom. The van der Waals surface area contributed by atoms with Crippen LogP contribution in [0.15, 0.2) is 0 Å². The molecule has 0 N–H and O–H groups in total. The second kappa shape index (κ2) is 8.64. The van der Waals surface area contributed by atoms with Crippen LogP contribution in [0.4, 0.5) is 0 Å². The first kappa shape index (κ1) is 17.5. The van der Waals surface area contributed by atoms with Crippen LogP contribution in [0.1, 0.15) is 46.5 Å². The Labute approximate surface area is 126 Å². The second-order valence-electron chi connectivity index (χ2n) is 5.55. The van der Waals surface area contributed by atoms with Crippen LogP contribution in [0.5, 0.6) is 0 Å². The van der Waals surface area contributed by atoms with Gasteiger partial charge in [0, 0.05) is 19.0 Å². The zero-order valence-corrected chi connectivity index (χ0v) is 13.3. The van der Waals surface area contributed by atoms with Crippen LogP contribution in [0.3, 0.4) is 0 Å². The van der Waals surface area contributed by atoms with Gasteiger partial charge in [-0.15, -0.1) is 0 Å². The van der Waals surface area contributed by atoms with Crippen molar-refractivity contribution >= 4 is 17.8 Å². The van der Waals surface area contributed by atoms with E-state index in [1.807, 2.05) is 13.8 Å². The number of carbonyl (C=O) groups excluding carboxylic acids is 3. The fourth-order valence-electron chi connectivity index (χ4n) is 2.36. The third-order valence-corrected chi connectivity index (χ3v) is 3.55. The summed E-state index contributed by atoms with van der Waals surface area (Å²) in [7, 11) is 0. The third kappa shape index (κ3) is 5.73. The van der Waals surface area contributed by atoms with Gasteiger partial charge in [0.05, 0.1) is 13.2 Å². The monoisotopic (exact) mass is 298 g/mol. The maximum atomic E-state index is 12.4. The molecule has 1 fully saturated rings. The molecule has 0 aromatic rings. The van der Waals surface area contributed by atoms with Crippen LogP contribution >= 0.6 is 0 Å². The first-order valence-corrected chi connectivity index (χ1v) is 7.68. The molecule has 1 saturated heterocycles. The molecule has 6 heteroatoms. The molecular formula is C15H26N2O4. The number of hydrogen-bond donors (Lipinski definition) is 0. The van der Waals surface area contributed by atoms with Gasteiger partial charge in [0.1, 0.15) is 6.54 Å². The van der Waals surface area contributed by atoms with Crippen LogP contribution in [-0.2, 0) is 19.1 Å². The van der Waals surface area contributed by atoms with Gasteiger partial charge in [-0.05, 0) is 33.6 Å². The Morgan fingerprint density at radius 3 is 2.62 bits per heavy atom. The summed E-state index contributed by atoms with van der Waals surface area (Å²) < 4.78 is 4.89. The molecule has 1 aliphatic rings. The Hall–Kier alpha value is -1.59. The quantitative estimate of drug-likeness (QED) is 0.691. The number of ether oxygens (including phenoxy) is 1. The van der Waals surface area contributed by atoms with Gasteiger partial charge in [0.25, 0.3) is 0 Å². The molecule has 21 heavy (non-hydrogen) atoms. The van der Waals surface area contributed by atoms with Gasteiger partial charge in [-0.1, -0.05) is 6.42 Å². The smallest absolute Gasteiger partial charge is 0.325 e. The minimum absolute atomic E-state index is 0.0284. The molecule has 0 aromatic heterocycles. The molecule has 0 atom stereocenters. The van der Waals surface area contributed by atoms with E-state index in [-0.39, 0.29) is 30.9 Å². The molecule has 0 spiro atoms. The molecule has 1 aliphatic heterocycles. The average Bonchev–Trinajstić information content (AvgIpc) is 2.61. The lowest BCUT2D eigenvalue weighted by Crippen LogP contribution is -2.47. The first-order chi connectivity index (χ1) is 9.95. The van der Waals surface area contributed by atoms with Gasteiger partial charge >= 0.3 is 5.97 Å². The Balaban J connectivity index is 2.63. The summed E-state index contributed by atoms with van der Waals surface area (Å²) in [6, 6.07) is -0.107. The highest BCUT2D eigenvalue weighted by Crippen LogP contribution is 2.12. The van der Waals surface area contributed by atoms with Crippen molar-refractivity contribution in [3.8, 4) is 0 Å². The van der Waals surface area contributed by atoms with E-state index in [9.17, 15) is 14.4 Å². The average molecular weight is 298 g/mol. The van der Waals surface area contributed by atoms with E-state index < -0.39 is 5.97 Å². The number of hydrogen-bond acceptors (Lipinski definition) is 4. The molecular weight excluding hydrogens is 272 g/mol. The second-order valence-corrected chi connectivity index (χ2v) is 5.55. The number of esters is 1. The standard InChI is InChI=1S/C15H26N2O4/c1-4-21-15(20)11-17(12(2)3)14(19)10-16-9-7-5-6-8-13(16)18/h12H,4-11H2,1-3H3. The van der Waals surface area contributed by atoms with Crippen LogP contribution in [0, 0.1) is 0 Å². The molecule has 0 aromatic carbocycles. The minimum atomic E-state index is -0.415. The highest BCUT2D eigenvalue weighted by molar-refractivity contribution is 5.87. The van der Waals surface area contributed by atoms with Crippen LogP contribution in [-0.4, -0.2) is 59.9 Å². The van der Waals surface area contributed by atoms with E-state index in [0.29, 0.717) is 19.6 Å². The van der Waals surface area contributed by atoms with Crippen LogP contribution in [0.2, 0.25) is 0 Å². The number of rotatable bonds is 6. The maximum Gasteiger partial charge on any atom is 0.325 e. The molecule has 0 bridgehead atoms. The summed E-state index contributed by atoms with van der Waals surface area (Å²) in [5, 5.41) is 0. The molecule has 0 unspecified atom stereocenters. The van der Waals surface area contributed by atoms with Crippen molar-refractivity contribution in [3.63, 3.8) is 0 Å². The summed E-state index contributed by atoms with van der Waals surface area (Å²) in [4.78, 5) is 39.0. The normalized spacial score (nSPS) is 15.8. The lowest BCUT2D eigenvalue weighted by molar-refractivity contribution is -0.151. The topological polar surface area (TPSA) is 66.9 Å². The van der Waals surface area contributed by atoms with Crippen molar-refractivity contribution in [3.05, 3.63) is 0 Å². The van der Waals surface area contributed by atoms with E-state index in [1.165, 1.54) is 4.90 Å². The van der Waals surface area contributed by atoms with Gasteiger partial charge in [-0.2, -0.15) is 0 Å². The Bertz CT molecular complexity index is 382. The summed E-state index contributed by atoms with van der Waals surface area (Å²) in [6.45, 7) is 6.33. The van der Waals surface area contributed by atoms with Crippen molar-refractivity contribution in [1.82, 2.24) is 9.80 Å². The van der Waals surface area contributed by atoms with Gasteiger partial charge < -0.3 is 14.5 Å². The molecule has 0 aliphatic carbocycles. The molecule has 120 valence electrons. The highest BCUT2D eigenvalue weighted by Gasteiger charge is 2.25. The maximum absolute atomic E-state index is 12.4. The largest absolute Gasteiger partial charge is 0.465 e. The van der Waals surface area contributed by atoms with E-state index in [2.05, 4.69) is 0 Å². The number of carbonyl (C=O) groups is 3. The zero-order chi connectivity index (χ0) is 15.8. The van der Waals surface area contributed by atoms with Gasteiger partial charge in [-0.3, -0.25) is 14.4 Å². The number of likely N-dealkylation sites (tertiary alicyclic amines) is 1. The van der Waals surface area contributed by atoms with E-state index in [4.69, 9.17) is 4.74 Å². The SMILES string of the molecule is CCOC(=O)CN(C(=O)CN1CCCCCC1=O)C(C)C. The summed E-state index contributed by atoms with van der Waals surface area (Å²) >= 11 is 0. The highest BCUT2D eigenvalue weighted by atomic mass is 16.5. The van der Waals surface area contributed by atoms with E-state index in [0.717, 1.165) is 19.3 Å². The fourth-order valence-corrected chi connectivity index (χ4v) is 2.36. The van der Waals surface area contributed by atoms with Crippen molar-refractivity contribution in [2.45, 2.75) is 52.5 Å². The Kier molecular flexibility index (Phi) is 7.19. The third-order valence-electron chi connectivity index (χ3n) is 3.55. The predicted octanol–water partition coefficient (Wildman–Crippen LogP) is 1.19. The fraction of sp³-hybridized carbons (Fsp3) is 0.800. The lowest BCUT2D eigenvalue weighted by Gasteiger charge is -2.29. The Morgan fingerprint density at radius 1 is 1.29 bits per heavy atom. The van der Waals surface area contributed by atoms with Crippen molar-refractivity contribution in [2.75, 3.05) is 26.2 Å². The molecule has 1 heterocycles. The van der Waals surface area contributed by atoms with Gasteiger partial charge in [0.15, 0.2) is 0 Å². The predicted molar refractivity (Wildman–Crippen MR) is 78.5 cm³/mol. The van der Waals surface area contributed by atoms with E-state index >= 15 is 0 Å². The molecule has 0 radical (unpaired) electrons. The van der Waals surface area contributed by atoms with Crippen LogP contribution < -0.4 is 0 Å². The molecule has 0 saturated carbocycles. The molecule has 2 amide bonds. The van der Waals surface area contributed by atoms with Gasteiger partial charge in [-0.25, -0.2) is 0 Å². The molecule has 6 nitrogen and oxygen atoms in total. The zero-order valence-electron chi connectivity index (χ0n) is 13.3. The van der Waals surface area contributed by atoms with Crippen LogP contribution in [0.25, 0.3) is 0 Å².